The predicted octanol–water partition coefficient (Wildman–Crippen LogP) is 3.53. The van der Waals surface area contributed by atoms with Crippen molar-refractivity contribution in [2.24, 2.45) is 5.92 Å². The SMILES string of the molecule is CC(C)[C@H]1COCCCCC/C=C\COc2ccc(cc2)C[C@@H](NC(=O)O)C(=O)N1. The van der Waals surface area contributed by atoms with Gasteiger partial charge in [-0.3, -0.25) is 4.79 Å². The Bertz CT molecular complexity index is 687. The molecular weight excluding hydrogens is 384 g/mol. The van der Waals surface area contributed by atoms with Crippen LogP contribution in [0.25, 0.3) is 0 Å². The Hall–Kier alpha value is -2.54. The summed E-state index contributed by atoms with van der Waals surface area (Å²) in [5, 5.41) is 14.5. The number of amides is 2. The van der Waals surface area contributed by atoms with E-state index in [1.807, 2.05) is 44.2 Å². The van der Waals surface area contributed by atoms with Gasteiger partial charge in [0.15, 0.2) is 0 Å². The second-order valence-corrected chi connectivity index (χ2v) is 7.92. The summed E-state index contributed by atoms with van der Waals surface area (Å²) in [6, 6.07) is 6.31. The Morgan fingerprint density at radius 2 is 1.93 bits per heavy atom. The molecule has 3 N–H and O–H groups in total. The highest BCUT2D eigenvalue weighted by Crippen LogP contribution is 2.14. The van der Waals surface area contributed by atoms with E-state index < -0.39 is 12.1 Å². The molecule has 0 saturated carbocycles. The number of hydrogen-bond acceptors (Lipinski definition) is 4. The molecule has 166 valence electrons. The second-order valence-electron chi connectivity index (χ2n) is 7.92. The molecule has 2 atom stereocenters. The molecule has 0 saturated heterocycles. The first-order valence-corrected chi connectivity index (χ1v) is 10.7. The van der Waals surface area contributed by atoms with Crippen molar-refractivity contribution in [2.75, 3.05) is 19.8 Å². The van der Waals surface area contributed by atoms with Crippen LogP contribution in [0.4, 0.5) is 4.79 Å². The molecule has 2 aliphatic heterocycles. The van der Waals surface area contributed by atoms with E-state index in [0.29, 0.717) is 19.8 Å². The number of ether oxygens (including phenoxy) is 2. The zero-order valence-electron chi connectivity index (χ0n) is 17.9. The van der Waals surface area contributed by atoms with Gasteiger partial charge in [-0.05, 0) is 42.9 Å². The van der Waals surface area contributed by atoms with Crippen LogP contribution in [-0.4, -0.2) is 49.0 Å². The molecule has 3 rings (SSSR count). The minimum Gasteiger partial charge on any atom is -0.490 e. The van der Waals surface area contributed by atoms with Gasteiger partial charge in [0.25, 0.3) is 0 Å². The number of rotatable bonds is 2. The molecule has 1 aromatic rings. The third kappa shape index (κ3) is 8.86. The summed E-state index contributed by atoms with van der Waals surface area (Å²) >= 11 is 0. The van der Waals surface area contributed by atoms with Gasteiger partial charge in [0.2, 0.25) is 5.91 Å². The minimum absolute atomic E-state index is 0.166. The van der Waals surface area contributed by atoms with E-state index in [1.54, 1.807) is 0 Å². The summed E-state index contributed by atoms with van der Waals surface area (Å²) < 4.78 is 11.5. The number of fused-ring (bicyclic) bond motifs is 16. The Morgan fingerprint density at radius 1 is 1.17 bits per heavy atom. The molecule has 2 heterocycles. The number of carbonyl (C=O) groups excluding carboxylic acids is 1. The molecule has 2 bridgehead atoms. The minimum atomic E-state index is -1.23. The highest BCUT2D eigenvalue weighted by molar-refractivity contribution is 5.85. The van der Waals surface area contributed by atoms with Crippen LogP contribution in [0.5, 0.6) is 5.75 Å². The van der Waals surface area contributed by atoms with Gasteiger partial charge >= 0.3 is 6.09 Å². The Kier molecular flexibility index (Phi) is 10.2. The summed E-state index contributed by atoms with van der Waals surface area (Å²) in [6.45, 7) is 5.59. The maximum absolute atomic E-state index is 12.8. The van der Waals surface area contributed by atoms with Crippen LogP contribution in [0.15, 0.2) is 36.4 Å². The zero-order chi connectivity index (χ0) is 21.8. The molecule has 0 aromatic heterocycles. The lowest BCUT2D eigenvalue weighted by atomic mass is 10.0. The van der Waals surface area contributed by atoms with Crippen molar-refractivity contribution < 1.29 is 24.2 Å². The first-order valence-electron chi connectivity index (χ1n) is 10.7. The van der Waals surface area contributed by atoms with E-state index in [0.717, 1.165) is 37.0 Å². The van der Waals surface area contributed by atoms with E-state index >= 15 is 0 Å². The van der Waals surface area contributed by atoms with Crippen LogP contribution in [-0.2, 0) is 16.0 Å². The van der Waals surface area contributed by atoms with Crippen molar-refractivity contribution >= 4 is 12.0 Å². The molecule has 7 nitrogen and oxygen atoms in total. The van der Waals surface area contributed by atoms with Crippen LogP contribution in [0.1, 0.15) is 45.1 Å². The van der Waals surface area contributed by atoms with E-state index in [4.69, 9.17) is 9.47 Å². The fourth-order valence-electron chi connectivity index (χ4n) is 3.18. The van der Waals surface area contributed by atoms with Gasteiger partial charge in [-0.2, -0.15) is 0 Å². The van der Waals surface area contributed by atoms with E-state index in [-0.39, 0.29) is 24.3 Å². The third-order valence-electron chi connectivity index (χ3n) is 5.08. The maximum atomic E-state index is 12.8. The number of hydrogen-bond donors (Lipinski definition) is 3. The monoisotopic (exact) mass is 418 g/mol. The Morgan fingerprint density at radius 3 is 2.63 bits per heavy atom. The zero-order valence-corrected chi connectivity index (χ0v) is 17.9. The quantitative estimate of drug-likeness (QED) is 0.639. The summed E-state index contributed by atoms with van der Waals surface area (Å²) in [5.74, 6) is 0.556. The van der Waals surface area contributed by atoms with Crippen molar-refractivity contribution in [3.05, 3.63) is 42.0 Å². The lowest BCUT2D eigenvalue weighted by Gasteiger charge is -2.25. The van der Waals surface area contributed by atoms with E-state index in [2.05, 4.69) is 16.7 Å². The molecule has 7 heteroatoms. The van der Waals surface area contributed by atoms with Crippen molar-refractivity contribution in [2.45, 2.75) is 58.0 Å². The number of benzene rings is 1. The highest BCUT2D eigenvalue weighted by Gasteiger charge is 2.25. The van der Waals surface area contributed by atoms with Gasteiger partial charge in [0.05, 0.1) is 12.6 Å². The summed E-state index contributed by atoms with van der Waals surface area (Å²) in [7, 11) is 0. The molecule has 0 aliphatic carbocycles. The summed E-state index contributed by atoms with van der Waals surface area (Å²) in [4.78, 5) is 24.1. The standard InChI is InChI=1S/C23H34N2O5/c1-17(2)21-16-29-13-7-5-3-4-6-8-14-30-19-11-9-18(10-12-19)15-20(22(26)24-21)25-23(27)28/h6,8-12,17,20-21,25H,3-5,7,13-16H2,1-2H3,(H,24,26)(H,27,28)/b8-6-/t20-,21-/m1/s1. The van der Waals surface area contributed by atoms with Crippen LogP contribution < -0.4 is 15.4 Å². The van der Waals surface area contributed by atoms with Crippen LogP contribution in [0.2, 0.25) is 0 Å². The average Bonchev–Trinajstić information content (AvgIpc) is 2.70. The molecule has 0 unspecified atom stereocenters. The normalized spacial score (nSPS) is 23.2. The fourth-order valence-corrected chi connectivity index (χ4v) is 3.18. The molecule has 0 spiro atoms. The van der Waals surface area contributed by atoms with Crippen LogP contribution >= 0.6 is 0 Å². The van der Waals surface area contributed by atoms with Crippen molar-refractivity contribution in [1.82, 2.24) is 10.6 Å². The highest BCUT2D eigenvalue weighted by atomic mass is 16.5. The molecule has 30 heavy (non-hydrogen) atoms. The van der Waals surface area contributed by atoms with Gasteiger partial charge in [0, 0.05) is 13.0 Å². The lowest BCUT2D eigenvalue weighted by molar-refractivity contribution is -0.124. The summed E-state index contributed by atoms with van der Waals surface area (Å²) in [6.07, 6.45) is 7.35. The number of carbonyl (C=O) groups is 2. The molecular formula is C23H34N2O5. The molecule has 0 radical (unpaired) electrons. The van der Waals surface area contributed by atoms with E-state index in [1.165, 1.54) is 0 Å². The van der Waals surface area contributed by atoms with Gasteiger partial charge < -0.3 is 25.2 Å². The molecule has 2 aliphatic rings. The Labute approximate surface area is 178 Å². The Balaban J connectivity index is 2.13. The van der Waals surface area contributed by atoms with Gasteiger partial charge in [-0.15, -0.1) is 0 Å². The van der Waals surface area contributed by atoms with Crippen molar-refractivity contribution in [3.63, 3.8) is 0 Å². The topological polar surface area (TPSA) is 96.9 Å². The first-order chi connectivity index (χ1) is 14.5. The van der Waals surface area contributed by atoms with Crippen molar-refractivity contribution in [1.29, 1.82) is 0 Å². The fraction of sp³-hybridized carbons (Fsp3) is 0.565. The predicted molar refractivity (Wildman–Crippen MR) is 116 cm³/mol. The number of nitrogens with one attached hydrogen (secondary N) is 2. The second kappa shape index (κ2) is 12.9. The number of allylic oxidation sites excluding steroid dienone is 1. The molecule has 0 fully saturated rings. The summed E-state index contributed by atoms with van der Waals surface area (Å²) in [5.41, 5.74) is 0.846. The van der Waals surface area contributed by atoms with Crippen LogP contribution in [0.3, 0.4) is 0 Å². The molecule has 1 aromatic carbocycles. The molecule has 2 amide bonds. The van der Waals surface area contributed by atoms with Crippen molar-refractivity contribution in [3.8, 4) is 5.75 Å². The largest absolute Gasteiger partial charge is 0.490 e. The first kappa shape index (κ1) is 23.7. The van der Waals surface area contributed by atoms with Crippen LogP contribution in [0, 0.1) is 5.92 Å². The average molecular weight is 419 g/mol. The maximum Gasteiger partial charge on any atom is 0.405 e. The third-order valence-corrected chi connectivity index (χ3v) is 5.08. The lowest BCUT2D eigenvalue weighted by Crippen LogP contribution is -2.52. The van der Waals surface area contributed by atoms with Gasteiger partial charge in [0.1, 0.15) is 18.4 Å². The van der Waals surface area contributed by atoms with Gasteiger partial charge in [-0.1, -0.05) is 44.6 Å². The van der Waals surface area contributed by atoms with Gasteiger partial charge in [-0.25, -0.2) is 4.79 Å². The number of carboxylic acid groups (broad SMARTS) is 1. The smallest absolute Gasteiger partial charge is 0.405 e. The van der Waals surface area contributed by atoms with E-state index in [9.17, 15) is 14.7 Å².